The van der Waals surface area contributed by atoms with E-state index in [1.165, 1.54) is 31.7 Å². The Hall–Kier alpha value is -3.53. The lowest BCUT2D eigenvalue weighted by molar-refractivity contribution is -0.112. The van der Waals surface area contributed by atoms with Gasteiger partial charge in [-0.3, -0.25) is 4.79 Å². The number of nitrogens with zero attached hydrogens (tertiary/aromatic N) is 2. The summed E-state index contributed by atoms with van der Waals surface area (Å²) in [7, 11) is 1.30. The molecule has 2 aromatic rings. The average molecular weight is 379 g/mol. The molecule has 0 aliphatic carbocycles. The largest absolute Gasteiger partial charge is 0.465 e. The minimum Gasteiger partial charge on any atom is -0.465 e. The van der Waals surface area contributed by atoms with Gasteiger partial charge in [0.15, 0.2) is 5.88 Å². The summed E-state index contributed by atoms with van der Waals surface area (Å²) in [5, 5.41) is 12.0. The van der Waals surface area contributed by atoms with Gasteiger partial charge in [-0.25, -0.2) is 4.79 Å². The van der Waals surface area contributed by atoms with Crippen LogP contribution in [0, 0.1) is 11.3 Å². The van der Waals surface area contributed by atoms with Crippen molar-refractivity contribution in [3.63, 3.8) is 0 Å². The second kappa shape index (κ2) is 8.91. The number of nitrogens with one attached hydrogen (secondary N) is 1. The topological polar surface area (TPSA) is 95.6 Å². The van der Waals surface area contributed by atoms with Gasteiger partial charge in [0.05, 0.1) is 12.7 Å². The van der Waals surface area contributed by atoms with Crippen molar-refractivity contribution in [1.82, 2.24) is 0 Å². The molecule has 1 aliphatic rings. The molecule has 3 rings (SSSR count). The van der Waals surface area contributed by atoms with Crippen molar-refractivity contribution >= 4 is 29.5 Å². The monoisotopic (exact) mass is 379 g/mol. The summed E-state index contributed by atoms with van der Waals surface area (Å²) in [6, 6.07) is 11.7. The van der Waals surface area contributed by atoms with Gasteiger partial charge in [0.25, 0.3) is 5.91 Å². The number of carbonyl (C=O) groups excluding carboxylic acids is 2. The maximum absolute atomic E-state index is 12.4. The summed E-state index contributed by atoms with van der Waals surface area (Å²) in [6.07, 6.45) is 4.91. The van der Waals surface area contributed by atoms with E-state index in [1.54, 1.807) is 18.2 Å². The minimum absolute atomic E-state index is 0.0726. The lowest BCUT2D eigenvalue weighted by atomic mass is 10.1. The number of amides is 1. The van der Waals surface area contributed by atoms with Gasteiger partial charge < -0.3 is 19.4 Å². The summed E-state index contributed by atoms with van der Waals surface area (Å²) >= 11 is 0. The molecule has 0 unspecified atom stereocenters. The number of methoxy groups -OCH3 is 1. The van der Waals surface area contributed by atoms with Crippen LogP contribution < -0.4 is 10.2 Å². The van der Waals surface area contributed by atoms with Crippen LogP contribution in [0.15, 0.2) is 46.4 Å². The number of hydrogen-bond acceptors (Lipinski definition) is 6. The molecule has 144 valence electrons. The molecule has 1 aromatic heterocycles. The number of rotatable bonds is 5. The SMILES string of the molecule is COC(=O)c1ccc(NC(=O)/C(C#N)=C/c2ccc(N3CCCCC3)o2)cc1. The Morgan fingerprint density at radius 2 is 1.86 bits per heavy atom. The van der Waals surface area contributed by atoms with Crippen LogP contribution in [0.5, 0.6) is 0 Å². The number of benzene rings is 1. The van der Waals surface area contributed by atoms with E-state index in [1.807, 2.05) is 12.1 Å². The van der Waals surface area contributed by atoms with E-state index < -0.39 is 11.9 Å². The van der Waals surface area contributed by atoms with Gasteiger partial charge in [0.2, 0.25) is 0 Å². The van der Waals surface area contributed by atoms with Crippen LogP contribution >= 0.6 is 0 Å². The van der Waals surface area contributed by atoms with Crippen molar-refractivity contribution in [2.75, 3.05) is 30.4 Å². The molecule has 0 saturated carbocycles. The number of piperidine rings is 1. The first-order chi connectivity index (χ1) is 13.6. The average Bonchev–Trinajstić information content (AvgIpc) is 3.21. The highest BCUT2D eigenvalue weighted by Crippen LogP contribution is 2.24. The molecule has 7 heteroatoms. The normalized spacial score (nSPS) is 14.3. The molecule has 2 heterocycles. The fourth-order valence-electron chi connectivity index (χ4n) is 3.00. The van der Waals surface area contributed by atoms with Gasteiger partial charge in [-0.1, -0.05) is 0 Å². The maximum Gasteiger partial charge on any atom is 0.337 e. The molecule has 0 bridgehead atoms. The summed E-state index contributed by atoms with van der Waals surface area (Å²) in [5.41, 5.74) is 0.765. The van der Waals surface area contributed by atoms with Gasteiger partial charge in [-0.15, -0.1) is 0 Å². The Kier molecular flexibility index (Phi) is 6.12. The fraction of sp³-hybridized carbons (Fsp3) is 0.286. The first-order valence-corrected chi connectivity index (χ1v) is 9.07. The molecule has 1 amide bonds. The molecule has 0 atom stereocenters. The Balaban J connectivity index is 1.68. The molecular formula is C21H21N3O4. The van der Waals surface area contributed by atoms with Crippen LogP contribution in [0.4, 0.5) is 11.6 Å². The first-order valence-electron chi connectivity index (χ1n) is 9.07. The van der Waals surface area contributed by atoms with Crippen LogP contribution in [0.25, 0.3) is 6.08 Å². The molecule has 1 aliphatic heterocycles. The molecule has 0 spiro atoms. The smallest absolute Gasteiger partial charge is 0.337 e. The highest BCUT2D eigenvalue weighted by Gasteiger charge is 2.15. The summed E-state index contributed by atoms with van der Waals surface area (Å²) in [4.78, 5) is 26.0. The molecular weight excluding hydrogens is 358 g/mol. The molecule has 7 nitrogen and oxygen atoms in total. The highest BCUT2D eigenvalue weighted by molar-refractivity contribution is 6.09. The van der Waals surface area contributed by atoms with E-state index in [9.17, 15) is 14.9 Å². The van der Waals surface area contributed by atoms with Gasteiger partial charge in [0.1, 0.15) is 17.4 Å². The van der Waals surface area contributed by atoms with Crippen LogP contribution in [-0.4, -0.2) is 32.1 Å². The van der Waals surface area contributed by atoms with E-state index in [0.29, 0.717) is 17.0 Å². The van der Waals surface area contributed by atoms with E-state index in [0.717, 1.165) is 31.8 Å². The maximum atomic E-state index is 12.4. The Morgan fingerprint density at radius 1 is 1.14 bits per heavy atom. The van der Waals surface area contributed by atoms with Crippen molar-refractivity contribution in [2.24, 2.45) is 0 Å². The summed E-state index contributed by atoms with van der Waals surface area (Å²) in [5.74, 6) is 0.192. The van der Waals surface area contributed by atoms with Crippen LogP contribution in [0.2, 0.25) is 0 Å². The number of furan rings is 1. The molecule has 1 saturated heterocycles. The molecule has 0 radical (unpaired) electrons. The second-order valence-electron chi connectivity index (χ2n) is 6.42. The number of carbonyl (C=O) groups is 2. The fourth-order valence-corrected chi connectivity index (χ4v) is 3.00. The van der Waals surface area contributed by atoms with Crippen molar-refractivity contribution in [3.8, 4) is 6.07 Å². The van der Waals surface area contributed by atoms with Gasteiger partial charge in [-0.05, 0) is 49.6 Å². The first kappa shape index (κ1) is 19.2. The second-order valence-corrected chi connectivity index (χ2v) is 6.42. The van der Waals surface area contributed by atoms with Crippen LogP contribution in [0.3, 0.4) is 0 Å². The molecule has 1 aromatic carbocycles. The number of hydrogen-bond donors (Lipinski definition) is 1. The van der Waals surface area contributed by atoms with E-state index >= 15 is 0 Å². The number of esters is 1. The lowest BCUT2D eigenvalue weighted by Gasteiger charge is -2.25. The quantitative estimate of drug-likeness (QED) is 0.484. The van der Waals surface area contributed by atoms with E-state index in [4.69, 9.17) is 4.42 Å². The van der Waals surface area contributed by atoms with Gasteiger partial charge >= 0.3 is 5.97 Å². The van der Waals surface area contributed by atoms with Gasteiger partial charge in [-0.2, -0.15) is 5.26 Å². The van der Waals surface area contributed by atoms with E-state index in [2.05, 4.69) is 15.0 Å². The Labute approximate surface area is 163 Å². The predicted octanol–water partition coefficient (Wildman–Crippen LogP) is 3.60. The van der Waals surface area contributed by atoms with E-state index in [-0.39, 0.29) is 5.57 Å². The summed E-state index contributed by atoms with van der Waals surface area (Å²) in [6.45, 7) is 1.90. The highest BCUT2D eigenvalue weighted by atomic mass is 16.5. The molecule has 28 heavy (non-hydrogen) atoms. The van der Waals surface area contributed by atoms with Crippen molar-refractivity contribution in [2.45, 2.75) is 19.3 Å². The molecule has 1 fully saturated rings. The third-order valence-corrected chi connectivity index (χ3v) is 4.50. The third-order valence-electron chi connectivity index (χ3n) is 4.50. The number of ether oxygens (including phenoxy) is 1. The zero-order valence-electron chi connectivity index (χ0n) is 15.6. The Bertz CT molecular complexity index is 916. The van der Waals surface area contributed by atoms with Crippen molar-refractivity contribution in [1.29, 1.82) is 5.26 Å². The zero-order valence-corrected chi connectivity index (χ0v) is 15.6. The lowest BCUT2D eigenvalue weighted by Crippen LogP contribution is -2.28. The van der Waals surface area contributed by atoms with Gasteiger partial charge in [0, 0.05) is 30.9 Å². The summed E-state index contributed by atoms with van der Waals surface area (Å²) < 4.78 is 10.4. The Morgan fingerprint density at radius 3 is 2.50 bits per heavy atom. The zero-order chi connectivity index (χ0) is 19.9. The predicted molar refractivity (Wildman–Crippen MR) is 105 cm³/mol. The number of nitriles is 1. The van der Waals surface area contributed by atoms with Crippen molar-refractivity contribution in [3.05, 3.63) is 53.3 Å². The van der Waals surface area contributed by atoms with Crippen LogP contribution in [-0.2, 0) is 9.53 Å². The van der Waals surface area contributed by atoms with Crippen LogP contribution in [0.1, 0.15) is 35.4 Å². The number of anilines is 2. The molecule has 1 N–H and O–H groups in total. The minimum atomic E-state index is -0.552. The standard InChI is InChI=1S/C21H21N3O4/c1-27-21(26)15-5-7-17(8-6-15)23-20(25)16(14-22)13-18-9-10-19(28-18)24-11-3-2-4-12-24/h5-10,13H,2-4,11-12H2,1H3,(H,23,25)/b16-13+. The van der Waals surface area contributed by atoms with Crippen molar-refractivity contribution < 1.29 is 18.7 Å². The third kappa shape index (κ3) is 4.60.